The molecule has 1 fully saturated rings. The van der Waals surface area contributed by atoms with Crippen LogP contribution in [0.25, 0.3) is 6.08 Å². The zero-order valence-electron chi connectivity index (χ0n) is 13.9. The average molecular weight is 352 g/mol. The lowest BCUT2D eigenvalue weighted by Gasteiger charge is -2.35. The topological polar surface area (TPSA) is 53.2 Å². The molecule has 1 aliphatic carbocycles. The van der Waals surface area contributed by atoms with Gasteiger partial charge in [0.1, 0.15) is 0 Å². The first kappa shape index (κ1) is 17.9. The molecule has 1 heterocycles. The van der Waals surface area contributed by atoms with Gasteiger partial charge in [-0.1, -0.05) is 26.7 Å². The van der Waals surface area contributed by atoms with Gasteiger partial charge >= 0.3 is 0 Å². The lowest BCUT2D eigenvalue weighted by molar-refractivity contribution is -0.116. The highest BCUT2D eigenvalue weighted by Gasteiger charge is 2.27. The number of amides is 1. The smallest absolute Gasteiger partial charge is 0.262 e. The summed E-state index contributed by atoms with van der Waals surface area (Å²) < 4.78 is 0. The summed E-state index contributed by atoms with van der Waals surface area (Å²) in [6.45, 7) is 6.57. The van der Waals surface area contributed by atoms with Crippen molar-refractivity contribution in [3.63, 3.8) is 0 Å². The van der Waals surface area contributed by atoms with Crippen molar-refractivity contribution >= 4 is 40.7 Å². The zero-order valence-corrected chi connectivity index (χ0v) is 15.5. The Morgan fingerprint density at radius 2 is 2.13 bits per heavy atom. The Morgan fingerprint density at radius 3 is 2.83 bits per heavy atom. The molecule has 0 bridgehead atoms. The van der Waals surface area contributed by atoms with Crippen molar-refractivity contribution in [1.29, 1.82) is 0 Å². The lowest BCUT2D eigenvalue weighted by atomic mass is 9.78. The van der Waals surface area contributed by atoms with Gasteiger partial charge < -0.3 is 5.32 Å². The van der Waals surface area contributed by atoms with E-state index in [2.05, 4.69) is 30.0 Å². The number of thiophene rings is 1. The normalized spacial score (nSPS) is 24.4. The maximum Gasteiger partial charge on any atom is 0.262 e. The number of hydrazine groups is 1. The van der Waals surface area contributed by atoms with E-state index in [1.54, 1.807) is 11.3 Å². The summed E-state index contributed by atoms with van der Waals surface area (Å²) in [5.74, 6) is 1.07. The van der Waals surface area contributed by atoms with Crippen LogP contribution in [0.2, 0.25) is 0 Å². The van der Waals surface area contributed by atoms with Crippen LogP contribution in [0.5, 0.6) is 0 Å². The molecule has 0 aromatic carbocycles. The average Bonchev–Trinajstić information content (AvgIpc) is 2.93. The molecule has 0 unspecified atom stereocenters. The highest BCUT2D eigenvalue weighted by molar-refractivity contribution is 7.80. The van der Waals surface area contributed by atoms with Crippen LogP contribution in [0.1, 0.15) is 43.6 Å². The summed E-state index contributed by atoms with van der Waals surface area (Å²) in [7, 11) is 0. The van der Waals surface area contributed by atoms with Gasteiger partial charge in [-0.2, -0.15) is 0 Å². The highest BCUT2D eigenvalue weighted by Crippen LogP contribution is 2.29. The second-order valence-corrected chi connectivity index (χ2v) is 7.62. The minimum Gasteiger partial charge on any atom is -0.358 e. The Balaban J connectivity index is 1.74. The number of carbonyl (C=O) groups excluding carboxylic acids is 1. The molecule has 0 spiro atoms. The van der Waals surface area contributed by atoms with Gasteiger partial charge in [-0.3, -0.25) is 15.6 Å². The first-order valence-corrected chi connectivity index (χ1v) is 9.35. The minimum atomic E-state index is -0.216. The molecular weight excluding hydrogens is 326 g/mol. The van der Waals surface area contributed by atoms with Crippen molar-refractivity contribution in [2.45, 2.75) is 46.1 Å². The van der Waals surface area contributed by atoms with Crippen molar-refractivity contribution in [2.24, 2.45) is 11.8 Å². The largest absolute Gasteiger partial charge is 0.358 e. The van der Waals surface area contributed by atoms with E-state index in [4.69, 9.17) is 12.2 Å². The Kier molecular flexibility index (Phi) is 6.59. The third-order valence-electron chi connectivity index (χ3n) is 4.61. The maximum atomic E-state index is 11.8. The molecule has 1 amide bonds. The van der Waals surface area contributed by atoms with Crippen LogP contribution in [-0.2, 0) is 4.79 Å². The van der Waals surface area contributed by atoms with Crippen LogP contribution in [0.3, 0.4) is 0 Å². The summed E-state index contributed by atoms with van der Waals surface area (Å²) in [5.41, 5.74) is 6.56. The van der Waals surface area contributed by atoms with Crippen molar-refractivity contribution in [3.8, 4) is 0 Å². The summed E-state index contributed by atoms with van der Waals surface area (Å²) in [4.78, 5) is 12.9. The summed E-state index contributed by atoms with van der Waals surface area (Å²) in [5, 5.41) is 5.80. The van der Waals surface area contributed by atoms with Crippen LogP contribution < -0.4 is 16.2 Å². The van der Waals surface area contributed by atoms with Crippen molar-refractivity contribution in [3.05, 3.63) is 28.0 Å². The van der Waals surface area contributed by atoms with E-state index in [1.165, 1.54) is 24.5 Å². The maximum absolute atomic E-state index is 11.8. The number of hydrogen-bond acceptors (Lipinski definition) is 3. The van der Waals surface area contributed by atoms with Crippen LogP contribution in [0, 0.1) is 18.8 Å². The Labute approximate surface area is 147 Å². The van der Waals surface area contributed by atoms with E-state index < -0.39 is 0 Å². The third-order valence-corrected chi connectivity index (χ3v) is 5.81. The zero-order chi connectivity index (χ0) is 16.8. The van der Waals surface area contributed by atoms with Crippen molar-refractivity contribution in [1.82, 2.24) is 16.2 Å². The van der Waals surface area contributed by atoms with Crippen molar-refractivity contribution in [2.75, 3.05) is 0 Å². The van der Waals surface area contributed by atoms with Gasteiger partial charge in [-0.05, 0) is 60.5 Å². The van der Waals surface area contributed by atoms with Gasteiger partial charge in [0, 0.05) is 17.0 Å². The summed E-state index contributed by atoms with van der Waals surface area (Å²) >= 11 is 6.88. The molecule has 23 heavy (non-hydrogen) atoms. The van der Waals surface area contributed by atoms with E-state index in [0.717, 1.165) is 11.3 Å². The second kappa shape index (κ2) is 8.45. The quantitative estimate of drug-likeness (QED) is 0.444. The standard InChI is InChI=1S/C17H25N3OS2/c1-11-5-4-6-14(13(11)3)18-17(22)20-19-16(21)8-7-15-12(2)9-10-23-15/h7-11,13-14H,4-6H2,1-3H3,(H,19,21)(H2,18,20,22)/b8-7+/t11-,13+,14-/m1/s1. The monoisotopic (exact) mass is 351 g/mol. The number of aryl methyl sites for hydroxylation is 1. The first-order valence-electron chi connectivity index (χ1n) is 8.06. The molecule has 1 aromatic heterocycles. The molecule has 1 saturated carbocycles. The summed E-state index contributed by atoms with van der Waals surface area (Å²) in [6.07, 6.45) is 6.96. The molecule has 3 N–H and O–H groups in total. The molecule has 2 rings (SSSR count). The fraction of sp³-hybridized carbons (Fsp3) is 0.529. The van der Waals surface area contributed by atoms with Gasteiger partial charge in [0.2, 0.25) is 0 Å². The Hall–Kier alpha value is -1.40. The molecule has 6 heteroatoms. The van der Waals surface area contributed by atoms with Crippen LogP contribution >= 0.6 is 23.6 Å². The van der Waals surface area contributed by atoms with Gasteiger partial charge in [0.25, 0.3) is 5.91 Å². The molecule has 0 aliphatic heterocycles. The fourth-order valence-corrected chi connectivity index (χ4v) is 3.88. The van der Waals surface area contributed by atoms with Gasteiger partial charge in [-0.15, -0.1) is 11.3 Å². The summed E-state index contributed by atoms with van der Waals surface area (Å²) in [6, 6.07) is 2.41. The fourth-order valence-electron chi connectivity index (χ4n) is 2.86. The van der Waals surface area contributed by atoms with E-state index in [0.29, 0.717) is 23.0 Å². The van der Waals surface area contributed by atoms with Gasteiger partial charge in [0.05, 0.1) is 0 Å². The van der Waals surface area contributed by atoms with Crippen LogP contribution in [-0.4, -0.2) is 17.1 Å². The predicted molar refractivity (Wildman–Crippen MR) is 101 cm³/mol. The number of nitrogens with one attached hydrogen (secondary N) is 3. The number of thiocarbonyl (C=S) groups is 1. The van der Waals surface area contributed by atoms with E-state index in [-0.39, 0.29) is 5.91 Å². The molecule has 1 aliphatic rings. The molecule has 4 nitrogen and oxygen atoms in total. The second-order valence-electron chi connectivity index (χ2n) is 6.26. The van der Waals surface area contributed by atoms with E-state index in [1.807, 2.05) is 24.4 Å². The molecule has 3 atom stereocenters. The molecule has 0 saturated heterocycles. The SMILES string of the molecule is Cc1ccsc1/C=C/C(=O)NNC(=S)N[C@@H]1CCC[C@@H](C)[C@@H]1C. The lowest BCUT2D eigenvalue weighted by Crippen LogP contribution is -2.52. The highest BCUT2D eigenvalue weighted by atomic mass is 32.1. The molecule has 1 aromatic rings. The van der Waals surface area contributed by atoms with Gasteiger partial charge in [-0.25, -0.2) is 0 Å². The Bertz CT molecular complexity index is 582. The number of hydrogen-bond donors (Lipinski definition) is 3. The van der Waals surface area contributed by atoms with Crippen LogP contribution in [0.15, 0.2) is 17.5 Å². The molecule has 0 radical (unpaired) electrons. The number of carbonyl (C=O) groups is 1. The first-order chi connectivity index (χ1) is 11.0. The van der Waals surface area contributed by atoms with Crippen LogP contribution in [0.4, 0.5) is 0 Å². The van der Waals surface area contributed by atoms with Gasteiger partial charge in [0.15, 0.2) is 5.11 Å². The molecular formula is C17H25N3OS2. The predicted octanol–water partition coefficient (Wildman–Crippen LogP) is 3.39. The Morgan fingerprint density at radius 1 is 1.35 bits per heavy atom. The third kappa shape index (κ3) is 5.32. The minimum absolute atomic E-state index is 0.216. The van der Waals surface area contributed by atoms with Crippen molar-refractivity contribution < 1.29 is 4.79 Å². The van der Waals surface area contributed by atoms with E-state index in [9.17, 15) is 4.79 Å². The molecule has 126 valence electrons. The van der Waals surface area contributed by atoms with E-state index >= 15 is 0 Å². The number of rotatable bonds is 3.